The Balaban J connectivity index is 2.30. The number of aryl methyl sites for hydroxylation is 1. The summed E-state index contributed by atoms with van der Waals surface area (Å²) in [6.07, 6.45) is 2.71. The van der Waals surface area contributed by atoms with Crippen LogP contribution in [-0.2, 0) is 21.2 Å². The first-order valence-corrected chi connectivity index (χ1v) is 12.4. The second-order valence-electron chi connectivity index (χ2n) is 8.22. The van der Waals surface area contributed by atoms with Crippen molar-refractivity contribution in [2.24, 2.45) is 5.92 Å². The first-order chi connectivity index (χ1) is 14.6. The van der Waals surface area contributed by atoms with Crippen LogP contribution in [0.4, 0.5) is 5.69 Å². The fourth-order valence-corrected chi connectivity index (χ4v) is 4.74. The molecule has 2 atom stereocenters. The molecule has 0 saturated heterocycles. The van der Waals surface area contributed by atoms with Gasteiger partial charge in [0.05, 0.1) is 25.1 Å². The highest BCUT2D eigenvalue weighted by atomic mass is 32.2. The summed E-state index contributed by atoms with van der Waals surface area (Å²) in [5, 5.41) is 3.06. The summed E-state index contributed by atoms with van der Waals surface area (Å²) in [6.45, 7) is 7.83. The molecule has 2 aromatic carbocycles. The molecule has 2 aromatic rings. The third-order valence-electron chi connectivity index (χ3n) is 5.23. The van der Waals surface area contributed by atoms with Gasteiger partial charge in [0.1, 0.15) is 11.8 Å². The van der Waals surface area contributed by atoms with Gasteiger partial charge in [-0.05, 0) is 61.1 Å². The van der Waals surface area contributed by atoms with Crippen LogP contribution >= 0.6 is 0 Å². The lowest BCUT2D eigenvalue weighted by Gasteiger charge is -2.30. The predicted octanol–water partition coefficient (Wildman–Crippen LogP) is 4.32. The van der Waals surface area contributed by atoms with E-state index in [1.807, 2.05) is 43.3 Å². The van der Waals surface area contributed by atoms with E-state index in [1.165, 1.54) is 4.31 Å². The van der Waals surface area contributed by atoms with E-state index in [-0.39, 0.29) is 11.9 Å². The topological polar surface area (TPSA) is 75.7 Å². The Labute approximate surface area is 186 Å². The molecule has 6 nitrogen and oxygen atoms in total. The first kappa shape index (κ1) is 24.7. The Kier molecular flexibility index (Phi) is 8.51. The van der Waals surface area contributed by atoms with Crippen LogP contribution in [-0.4, -0.2) is 33.7 Å². The third kappa shape index (κ3) is 6.72. The van der Waals surface area contributed by atoms with E-state index in [0.717, 1.165) is 36.0 Å². The van der Waals surface area contributed by atoms with Crippen molar-refractivity contribution in [3.05, 3.63) is 59.7 Å². The Bertz CT molecular complexity index is 954. The number of amides is 1. The molecule has 0 aromatic heterocycles. The molecule has 0 fully saturated rings. The maximum absolute atomic E-state index is 13.2. The number of benzene rings is 2. The molecular formula is C24H34N2O4S. The number of rotatable bonds is 10. The smallest absolute Gasteiger partial charge is 0.244 e. The van der Waals surface area contributed by atoms with Crippen molar-refractivity contribution in [1.82, 2.24) is 5.32 Å². The highest BCUT2D eigenvalue weighted by Gasteiger charge is 2.30. The lowest BCUT2D eigenvalue weighted by Crippen LogP contribution is -2.48. The predicted molar refractivity (Wildman–Crippen MR) is 126 cm³/mol. The zero-order chi connectivity index (χ0) is 23.2. The number of carbonyl (C=O) groups is 1. The molecule has 0 spiro atoms. The van der Waals surface area contributed by atoms with E-state index in [4.69, 9.17) is 4.74 Å². The number of nitrogens with zero attached hydrogens (tertiary/aromatic N) is 1. The molecule has 0 radical (unpaired) electrons. The van der Waals surface area contributed by atoms with Crippen molar-refractivity contribution >= 4 is 21.6 Å². The van der Waals surface area contributed by atoms with E-state index in [1.54, 1.807) is 26.2 Å². The number of carbonyl (C=O) groups excluding carboxylic acids is 1. The van der Waals surface area contributed by atoms with Gasteiger partial charge in [0.2, 0.25) is 15.9 Å². The number of anilines is 1. The zero-order valence-corrected chi connectivity index (χ0v) is 20.1. The molecule has 31 heavy (non-hydrogen) atoms. The Morgan fingerprint density at radius 1 is 1.03 bits per heavy atom. The second kappa shape index (κ2) is 10.7. The molecule has 170 valence electrons. The van der Waals surface area contributed by atoms with Gasteiger partial charge in [-0.3, -0.25) is 9.10 Å². The van der Waals surface area contributed by atoms with Crippen LogP contribution in [0.15, 0.2) is 48.5 Å². The summed E-state index contributed by atoms with van der Waals surface area (Å²) in [5.41, 5.74) is 2.53. The molecule has 7 heteroatoms. The lowest BCUT2D eigenvalue weighted by molar-refractivity contribution is -0.122. The minimum absolute atomic E-state index is 0.232. The highest BCUT2D eigenvalue weighted by Crippen LogP contribution is 2.26. The zero-order valence-electron chi connectivity index (χ0n) is 19.3. The van der Waals surface area contributed by atoms with Crippen LogP contribution in [0.2, 0.25) is 0 Å². The van der Waals surface area contributed by atoms with E-state index in [2.05, 4.69) is 19.2 Å². The monoisotopic (exact) mass is 446 g/mol. The fraction of sp³-hybridized carbons (Fsp3) is 0.458. The maximum atomic E-state index is 13.2. The number of hydrogen-bond donors (Lipinski definition) is 1. The second-order valence-corrected chi connectivity index (χ2v) is 10.1. The van der Waals surface area contributed by atoms with E-state index >= 15 is 0 Å². The summed E-state index contributed by atoms with van der Waals surface area (Å²) < 4.78 is 31.5. The average molecular weight is 447 g/mol. The quantitative estimate of drug-likeness (QED) is 0.590. The third-order valence-corrected chi connectivity index (χ3v) is 6.47. The Morgan fingerprint density at radius 3 is 2.06 bits per heavy atom. The van der Waals surface area contributed by atoms with Crippen LogP contribution < -0.4 is 14.4 Å². The number of hydrogen-bond acceptors (Lipinski definition) is 4. The summed E-state index contributed by atoms with van der Waals surface area (Å²) in [4.78, 5) is 13.2. The summed E-state index contributed by atoms with van der Waals surface area (Å²) in [5.74, 6) is 0.743. The van der Waals surface area contributed by atoms with Gasteiger partial charge >= 0.3 is 0 Å². The molecule has 0 aliphatic carbocycles. The molecule has 0 saturated carbocycles. The minimum Gasteiger partial charge on any atom is -0.497 e. The SMILES string of the molecule is CCc1ccc(N([C@@H](C)C(=O)N[C@@H](CC(C)C)c2ccc(OC)cc2)S(C)(=O)=O)cc1. The van der Waals surface area contributed by atoms with Crippen molar-refractivity contribution in [1.29, 1.82) is 0 Å². The molecule has 0 aliphatic rings. The van der Waals surface area contributed by atoms with Gasteiger partial charge in [0.15, 0.2) is 0 Å². The van der Waals surface area contributed by atoms with Crippen LogP contribution in [0, 0.1) is 5.92 Å². The normalized spacial score (nSPS) is 13.5. The summed E-state index contributed by atoms with van der Waals surface area (Å²) in [7, 11) is -2.05. The number of nitrogens with one attached hydrogen (secondary N) is 1. The van der Waals surface area contributed by atoms with Crippen molar-refractivity contribution < 1.29 is 17.9 Å². The molecule has 0 aliphatic heterocycles. The van der Waals surface area contributed by atoms with E-state index in [0.29, 0.717) is 11.6 Å². The van der Waals surface area contributed by atoms with Gasteiger partial charge < -0.3 is 10.1 Å². The largest absolute Gasteiger partial charge is 0.497 e. The number of ether oxygens (including phenoxy) is 1. The molecule has 2 rings (SSSR count). The summed E-state index contributed by atoms with van der Waals surface area (Å²) >= 11 is 0. The molecule has 0 heterocycles. The standard InChI is InChI=1S/C24H34N2O4S/c1-7-19-8-12-21(13-9-19)26(31(6,28)29)18(4)24(27)25-23(16-17(2)3)20-10-14-22(30-5)15-11-20/h8-15,17-18,23H,7,16H2,1-6H3,(H,25,27)/t18-,23-/m0/s1. The number of methoxy groups -OCH3 is 1. The van der Waals surface area contributed by atoms with Crippen molar-refractivity contribution in [2.75, 3.05) is 17.7 Å². The minimum atomic E-state index is -3.66. The summed E-state index contributed by atoms with van der Waals surface area (Å²) in [6, 6.07) is 13.7. The van der Waals surface area contributed by atoms with Gasteiger partial charge in [-0.15, -0.1) is 0 Å². The lowest BCUT2D eigenvalue weighted by atomic mass is 9.96. The van der Waals surface area contributed by atoms with Gasteiger partial charge in [-0.1, -0.05) is 45.0 Å². The molecular weight excluding hydrogens is 412 g/mol. The van der Waals surface area contributed by atoms with Crippen LogP contribution in [0.25, 0.3) is 0 Å². The van der Waals surface area contributed by atoms with Crippen LogP contribution in [0.3, 0.4) is 0 Å². The first-order valence-electron chi connectivity index (χ1n) is 10.6. The average Bonchev–Trinajstić information content (AvgIpc) is 2.72. The highest BCUT2D eigenvalue weighted by molar-refractivity contribution is 7.92. The van der Waals surface area contributed by atoms with E-state index in [9.17, 15) is 13.2 Å². The van der Waals surface area contributed by atoms with Crippen molar-refractivity contribution in [3.8, 4) is 5.75 Å². The molecule has 1 N–H and O–H groups in total. The van der Waals surface area contributed by atoms with Gasteiger partial charge in [-0.2, -0.15) is 0 Å². The van der Waals surface area contributed by atoms with Crippen molar-refractivity contribution in [3.63, 3.8) is 0 Å². The van der Waals surface area contributed by atoms with Crippen LogP contribution in [0.5, 0.6) is 5.75 Å². The van der Waals surface area contributed by atoms with Gasteiger partial charge in [0, 0.05) is 0 Å². The van der Waals surface area contributed by atoms with E-state index < -0.39 is 16.1 Å². The fourth-order valence-electron chi connectivity index (χ4n) is 3.57. The Hall–Kier alpha value is -2.54. The molecule has 1 amide bonds. The van der Waals surface area contributed by atoms with Gasteiger partial charge in [0.25, 0.3) is 0 Å². The maximum Gasteiger partial charge on any atom is 0.244 e. The Morgan fingerprint density at radius 2 is 1.61 bits per heavy atom. The number of sulfonamides is 1. The molecule has 0 bridgehead atoms. The van der Waals surface area contributed by atoms with Crippen molar-refractivity contribution in [2.45, 2.75) is 52.6 Å². The molecule has 0 unspecified atom stereocenters. The van der Waals surface area contributed by atoms with Gasteiger partial charge in [-0.25, -0.2) is 8.42 Å². The van der Waals surface area contributed by atoms with Crippen LogP contribution in [0.1, 0.15) is 51.3 Å².